The number of piperazine rings is 1. The van der Waals surface area contributed by atoms with Crippen molar-refractivity contribution in [3.05, 3.63) is 47.5 Å². The molecule has 0 spiro atoms. The van der Waals surface area contributed by atoms with E-state index in [4.69, 9.17) is 12.2 Å². The van der Waals surface area contributed by atoms with Crippen LogP contribution in [0.5, 0.6) is 0 Å². The van der Waals surface area contributed by atoms with Crippen LogP contribution in [-0.4, -0.2) is 66.9 Å². The minimum Gasteiger partial charge on any atom is -0.354 e. The van der Waals surface area contributed by atoms with E-state index in [0.29, 0.717) is 44.0 Å². The number of urea groups is 1. The SMILES string of the molecule is CC(C)(C)NC(=O)N1CCN(C(=S)SCc2cn(Cc3ccccc3F)nn2)CC1. The Labute approximate surface area is 186 Å². The van der Waals surface area contributed by atoms with Crippen molar-refractivity contribution in [2.45, 2.75) is 38.6 Å². The van der Waals surface area contributed by atoms with Crippen molar-refractivity contribution < 1.29 is 9.18 Å². The van der Waals surface area contributed by atoms with Crippen molar-refractivity contribution in [1.29, 1.82) is 0 Å². The molecule has 7 nitrogen and oxygen atoms in total. The van der Waals surface area contributed by atoms with Crippen molar-refractivity contribution >= 4 is 34.3 Å². The highest BCUT2D eigenvalue weighted by atomic mass is 32.2. The van der Waals surface area contributed by atoms with Gasteiger partial charge in [-0.2, -0.15) is 0 Å². The summed E-state index contributed by atoms with van der Waals surface area (Å²) in [4.78, 5) is 16.2. The summed E-state index contributed by atoms with van der Waals surface area (Å²) in [5.41, 5.74) is 1.12. The number of amides is 2. The molecule has 0 atom stereocenters. The first-order chi connectivity index (χ1) is 14.2. The van der Waals surface area contributed by atoms with E-state index in [1.807, 2.05) is 31.9 Å². The largest absolute Gasteiger partial charge is 0.354 e. The van der Waals surface area contributed by atoms with Crippen LogP contribution in [-0.2, 0) is 12.3 Å². The summed E-state index contributed by atoms with van der Waals surface area (Å²) >= 11 is 7.09. The average Bonchev–Trinajstić information content (AvgIpc) is 3.14. The molecule has 1 fully saturated rings. The Morgan fingerprint density at radius 2 is 1.87 bits per heavy atom. The van der Waals surface area contributed by atoms with Crippen molar-refractivity contribution in [2.75, 3.05) is 26.2 Å². The molecule has 0 bridgehead atoms. The predicted octanol–water partition coefficient (Wildman–Crippen LogP) is 3.11. The number of hydrogen-bond donors (Lipinski definition) is 1. The van der Waals surface area contributed by atoms with Gasteiger partial charge in [0.15, 0.2) is 0 Å². The normalized spacial score (nSPS) is 14.7. The van der Waals surface area contributed by atoms with Crippen LogP contribution < -0.4 is 5.32 Å². The van der Waals surface area contributed by atoms with Crippen molar-refractivity contribution in [2.24, 2.45) is 0 Å². The predicted molar refractivity (Wildman–Crippen MR) is 121 cm³/mol. The van der Waals surface area contributed by atoms with Crippen molar-refractivity contribution in [1.82, 2.24) is 30.1 Å². The Morgan fingerprint density at radius 3 is 2.53 bits per heavy atom. The molecule has 10 heteroatoms. The van der Waals surface area contributed by atoms with Crippen LogP contribution in [0.4, 0.5) is 9.18 Å². The first kappa shape index (κ1) is 22.5. The first-order valence-electron chi connectivity index (χ1n) is 9.82. The van der Waals surface area contributed by atoms with Crippen molar-refractivity contribution in [3.8, 4) is 0 Å². The molecule has 1 aromatic heterocycles. The number of thiocarbonyl (C=S) groups is 1. The number of nitrogens with one attached hydrogen (secondary N) is 1. The molecule has 162 valence electrons. The third kappa shape index (κ3) is 6.40. The van der Waals surface area contributed by atoms with Gasteiger partial charge in [0.05, 0.1) is 12.2 Å². The van der Waals surface area contributed by atoms with E-state index >= 15 is 0 Å². The maximum absolute atomic E-state index is 13.8. The standard InChI is InChI=1S/C20H27FN6OS2/c1-20(2,3)22-18(28)25-8-10-26(11-9-25)19(29)30-14-16-13-27(24-23-16)12-15-6-4-5-7-17(15)21/h4-7,13H,8-12,14H2,1-3H3,(H,22,28). The number of halogens is 1. The summed E-state index contributed by atoms with van der Waals surface area (Å²) in [7, 11) is 0. The molecular weight excluding hydrogens is 423 g/mol. The van der Waals surface area contributed by atoms with E-state index in [0.717, 1.165) is 10.0 Å². The lowest BCUT2D eigenvalue weighted by atomic mass is 10.1. The van der Waals surface area contributed by atoms with Gasteiger partial charge in [0.2, 0.25) is 0 Å². The first-order valence-corrected chi connectivity index (χ1v) is 11.2. The molecule has 1 aliphatic heterocycles. The molecule has 0 radical (unpaired) electrons. The summed E-state index contributed by atoms with van der Waals surface area (Å²) in [5, 5.41) is 11.2. The number of rotatable bonds is 4. The van der Waals surface area contributed by atoms with E-state index < -0.39 is 0 Å². The van der Waals surface area contributed by atoms with Crippen LogP contribution in [0.3, 0.4) is 0 Å². The Balaban J connectivity index is 1.44. The van der Waals surface area contributed by atoms with E-state index in [1.165, 1.54) is 17.8 Å². The zero-order valence-corrected chi connectivity index (χ0v) is 19.1. The molecule has 30 heavy (non-hydrogen) atoms. The lowest BCUT2D eigenvalue weighted by molar-refractivity contribution is 0.164. The third-order valence-corrected chi connectivity index (χ3v) is 6.08. The lowest BCUT2D eigenvalue weighted by Gasteiger charge is -2.37. The molecule has 1 aliphatic rings. The molecule has 2 aromatic rings. The summed E-state index contributed by atoms with van der Waals surface area (Å²) in [6.07, 6.45) is 1.82. The minimum absolute atomic E-state index is 0.0350. The molecule has 1 N–H and O–H groups in total. The number of aromatic nitrogens is 3. The zero-order valence-electron chi connectivity index (χ0n) is 17.5. The Morgan fingerprint density at radius 1 is 1.20 bits per heavy atom. The number of carbonyl (C=O) groups is 1. The van der Waals surface area contributed by atoms with E-state index in [-0.39, 0.29) is 17.4 Å². The van der Waals surface area contributed by atoms with Gasteiger partial charge in [-0.15, -0.1) is 5.10 Å². The Kier molecular flexibility index (Phi) is 7.30. The molecule has 0 unspecified atom stereocenters. The monoisotopic (exact) mass is 450 g/mol. The minimum atomic E-state index is -0.250. The summed E-state index contributed by atoms with van der Waals surface area (Å²) in [6.45, 7) is 8.96. The van der Waals surface area contributed by atoms with Gasteiger partial charge in [-0.3, -0.25) is 0 Å². The molecular formula is C20H27FN6OS2. The van der Waals surface area contributed by atoms with Crippen molar-refractivity contribution in [3.63, 3.8) is 0 Å². The Hall–Kier alpha value is -2.20. The quantitative estimate of drug-likeness (QED) is 0.722. The smallest absolute Gasteiger partial charge is 0.317 e. The lowest BCUT2D eigenvalue weighted by Crippen LogP contribution is -2.55. The molecule has 2 amide bonds. The van der Waals surface area contributed by atoms with Gasteiger partial charge < -0.3 is 15.1 Å². The highest BCUT2D eigenvalue weighted by molar-refractivity contribution is 8.22. The fourth-order valence-corrected chi connectivity index (χ4v) is 4.13. The van der Waals surface area contributed by atoms with Gasteiger partial charge in [0.1, 0.15) is 10.1 Å². The third-order valence-electron chi connectivity index (χ3n) is 4.53. The second-order valence-electron chi connectivity index (χ2n) is 8.21. The van der Waals surface area contributed by atoms with E-state index in [2.05, 4.69) is 20.5 Å². The zero-order chi connectivity index (χ0) is 21.7. The topological polar surface area (TPSA) is 66.3 Å². The number of thioether (sulfide) groups is 1. The van der Waals surface area contributed by atoms with Crippen LogP contribution in [0.2, 0.25) is 0 Å². The van der Waals surface area contributed by atoms with Crippen LogP contribution in [0, 0.1) is 5.82 Å². The second kappa shape index (κ2) is 9.74. The van der Waals surface area contributed by atoms with E-state index in [1.54, 1.807) is 22.9 Å². The van der Waals surface area contributed by atoms with Gasteiger partial charge in [-0.25, -0.2) is 13.9 Å². The van der Waals surface area contributed by atoms with Gasteiger partial charge >= 0.3 is 6.03 Å². The molecule has 2 heterocycles. The fourth-order valence-electron chi connectivity index (χ4n) is 3.00. The number of benzene rings is 1. The fraction of sp³-hybridized carbons (Fsp3) is 0.500. The second-order valence-corrected chi connectivity index (χ2v) is 9.82. The Bertz CT molecular complexity index is 889. The van der Waals surface area contributed by atoms with Gasteiger partial charge in [0.25, 0.3) is 0 Å². The highest BCUT2D eigenvalue weighted by Gasteiger charge is 2.25. The van der Waals surface area contributed by atoms with Gasteiger partial charge in [-0.1, -0.05) is 47.4 Å². The van der Waals surface area contributed by atoms with Gasteiger partial charge in [0, 0.05) is 49.2 Å². The summed E-state index contributed by atoms with van der Waals surface area (Å²) in [6, 6.07) is 6.61. The van der Waals surface area contributed by atoms with Crippen LogP contribution in [0.15, 0.2) is 30.5 Å². The van der Waals surface area contributed by atoms with E-state index in [9.17, 15) is 9.18 Å². The summed E-state index contributed by atoms with van der Waals surface area (Å²) in [5.74, 6) is 0.348. The maximum atomic E-state index is 13.8. The number of hydrogen-bond acceptors (Lipinski definition) is 5. The van der Waals surface area contributed by atoms with Crippen LogP contribution >= 0.6 is 24.0 Å². The average molecular weight is 451 g/mol. The molecule has 3 rings (SSSR count). The van der Waals surface area contributed by atoms with Crippen LogP contribution in [0.1, 0.15) is 32.0 Å². The number of nitrogens with zero attached hydrogens (tertiary/aromatic N) is 5. The van der Waals surface area contributed by atoms with Gasteiger partial charge in [-0.05, 0) is 26.8 Å². The molecule has 1 aromatic carbocycles. The highest BCUT2D eigenvalue weighted by Crippen LogP contribution is 2.17. The summed E-state index contributed by atoms with van der Waals surface area (Å²) < 4.78 is 16.2. The molecule has 0 saturated carbocycles. The molecule has 0 aliphatic carbocycles. The molecule has 1 saturated heterocycles. The number of carbonyl (C=O) groups excluding carboxylic acids is 1. The maximum Gasteiger partial charge on any atom is 0.317 e. The van der Waals surface area contributed by atoms with Crippen LogP contribution in [0.25, 0.3) is 0 Å².